The van der Waals surface area contributed by atoms with Crippen LogP contribution in [0, 0.1) is 17.2 Å². The van der Waals surface area contributed by atoms with Crippen molar-refractivity contribution in [1.29, 1.82) is 5.26 Å². The van der Waals surface area contributed by atoms with Gasteiger partial charge < -0.3 is 9.84 Å². The van der Waals surface area contributed by atoms with E-state index in [0.29, 0.717) is 30.2 Å². The lowest BCUT2D eigenvalue weighted by molar-refractivity contribution is -0.145. The first-order chi connectivity index (χ1) is 10.0. The van der Waals surface area contributed by atoms with E-state index in [-0.39, 0.29) is 0 Å². The Bertz CT molecular complexity index is 565. The van der Waals surface area contributed by atoms with E-state index < -0.39 is 12.0 Å². The molecule has 5 nitrogen and oxygen atoms in total. The van der Waals surface area contributed by atoms with Gasteiger partial charge in [0.25, 0.3) is 0 Å². The summed E-state index contributed by atoms with van der Waals surface area (Å²) < 4.78 is 5.20. The number of hydrogen-bond donors (Lipinski definition) is 1. The number of carbonyl (C=O) groups is 1. The van der Waals surface area contributed by atoms with Crippen molar-refractivity contribution in [1.82, 2.24) is 4.90 Å². The Morgan fingerprint density at radius 2 is 2.33 bits per heavy atom. The quantitative estimate of drug-likeness (QED) is 0.920. The highest BCUT2D eigenvalue weighted by molar-refractivity contribution is 5.73. The van der Waals surface area contributed by atoms with Crippen LogP contribution in [0.2, 0.25) is 0 Å². The van der Waals surface area contributed by atoms with Crippen molar-refractivity contribution in [2.45, 2.75) is 32.4 Å². The maximum atomic E-state index is 11.4. The van der Waals surface area contributed by atoms with E-state index in [9.17, 15) is 9.90 Å². The Morgan fingerprint density at radius 1 is 1.57 bits per heavy atom. The smallest absolute Gasteiger partial charge is 0.320 e. The molecule has 0 saturated carbocycles. The van der Waals surface area contributed by atoms with Crippen molar-refractivity contribution < 1.29 is 14.6 Å². The predicted octanol–water partition coefficient (Wildman–Crippen LogP) is 2.25. The van der Waals surface area contributed by atoms with Crippen molar-refractivity contribution in [3.05, 3.63) is 29.3 Å². The third-order valence-corrected chi connectivity index (χ3v) is 4.03. The fourth-order valence-electron chi connectivity index (χ4n) is 2.80. The minimum absolute atomic E-state index is 0.435. The normalized spacial score (nSPS) is 22.5. The van der Waals surface area contributed by atoms with Gasteiger partial charge in [-0.05, 0) is 43.0 Å². The first-order valence-corrected chi connectivity index (χ1v) is 7.09. The molecule has 1 N–H and O–H groups in total. The highest BCUT2D eigenvalue weighted by Gasteiger charge is 2.31. The SMILES string of the molecule is COc1cc(CN2CCC(C)CC2C(=O)O)ccc1C#N. The number of carboxylic acids is 1. The molecule has 2 rings (SSSR count). The molecule has 5 heteroatoms. The lowest BCUT2D eigenvalue weighted by Gasteiger charge is -2.36. The van der Waals surface area contributed by atoms with Crippen LogP contribution in [-0.4, -0.2) is 35.7 Å². The van der Waals surface area contributed by atoms with E-state index in [1.807, 2.05) is 17.0 Å². The van der Waals surface area contributed by atoms with Crippen LogP contribution in [0.15, 0.2) is 18.2 Å². The first kappa shape index (κ1) is 15.3. The summed E-state index contributed by atoms with van der Waals surface area (Å²) in [7, 11) is 1.53. The van der Waals surface area contributed by atoms with Gasteiger partial charge >= 0.3 is 5.97 Å². The van der Waals surface area contributed by atoms with Crippen LogP contribution in [0.5, 0.6) is 5.75 Å². The van der Waals surface area contributed by atoms with Gasteiger partial charge in [-0.15, -0.1) is 0 Å². The average molecular weight is 288 g/mol. The van der Waals surface area contributed by atoms with Crippen LogP contribution < -0.4 is 4.74 Å². The Balaban J connectivity index is 2.16. The van der Waals surface area contributed by atoms with Gasteiger partial charge in [-0.2, -0.15) is 5.26 Å². The summed E-state index contributed by atoms with van der Waals surface area (Å²) in [5.41, 5.74) is 1.45. The van der Waals surface area contributed by atoms with Crippen molar-refractivity contribution >= 4 is 5.97 Å². The van der Waals surface area contributed by atoms with Crippen molar-refractivity contribution in [3.8, 4) is 11.8 Å². The van der Waals surface area contributed by atoms with Crippen molar-refractivity contribution in [2.24, 2.45) is 5.92 Å². The topological polar surface area (TPSA) is 73.6 Å². The molecule has 0 bridgehead atoms. The Morgan fingerprint density at radius 3 is 2.95 bits per heavy atom. The van der Waals surface area contributed by atoms with E-state index in [1.165, 1.54) is 7.11 Å². The molecule has 2 unspecified atom stereocenters. The van der Waals surface area contributed by atoms with E-state index in [1.54, 1.807) is 6.07 Å². The molecule has 0 aliphatic carbocycles. The number of hydrogen-bond acceptors (Lipinski definition) is 4. The molecule has 1 fully saturated rings. The Kier molecular flexibility index (Phi) is 4.81. The predicted molar refractivity (Wildman–Crippen MR) is 77.9 cm³/mol. The van der Waals surface area contributed by atoms with Gasteiger partial charge in [0.05, 0.1) is 12.7 Å². The summed E-state index contributed by atoms with van der Waals surface area (Å²) in [6, 6.07) is 7.04. The van der Waals surface area contributed by atoms with E-state index >= 15 is 0 Å². The third-order valence-electron chi connectivity index (χ3n) is 4.03. The number of likely N-dealkylation sites (tertiary alicyclic amines) is 1. The molecule has 1 saturated heterocycles. The van der Waals surface area contributed by atoms with Gasteiger partial charge in [0, 0.05) is 6.54 Å². The van der Waals surface area contributed by atoms with E-state index in [0.717, 1.165) is 18.5 Å². The summed E-state index contributed by atoms with van der Waals surface area (Å²) >= 11 is 0. The molecule has 0 aromatic heterocycles. The number of aliphatic carboxylic acids is 1. The van der Waals surface area contributed by atoms with Crippen LogP contribution in [-0.2, 0) is 11.3 Å². The zero-order chi connectivity index (χ0) is 15.4. The number of methoxy groups -OCH3 is 1. The zero-order valence-corrected chi connectivity index (χ0v) is 12.4. The second-order valence-electron chi connectivity index (χ2n) is 5.60. The maximum absolute atomic E-state index is 11.4. The summed E-state index contributed by atoms with van der Waals surface area (Å²) in [6.45, 7) is 3.43. The summed E-state index contributed by atoms with van der Waals surface area (Å²) in [5.74, 6) is 0.215. The Labute approximate surface area is 124 Å². The molecule has 112 valence electrons. The Hall–Kier alpha value is -2.06. The van der Waals surface area contributed by atoms with Crippen LogP contribution >= 0.6 is 0 Å². The fourth-order valence-corrected chi connectivity index (χ4v) is 2.80. The summed E-state index contributed by atoms with van der Waals surface area (Å²) in [6.07, 6.45) is 1.69. The number of carboxylic acid groups (broad SMARTS) is 1. The van der Waals surface area contributed by atoms with Gasteiger partial charge in [-0.25, -0.2) is 0 Å². The molecule has 1 aliphatic rings. The standard InChI is InChI=1S/C16H20N2O3/c1-11-5-6-18(14(7-11)16(19)20)10-12-3-4-13(9-17)15(8-12)21-2/h3-4,8,11,14H,5-7,10H2,1-2H3,(H,19,20). The van der Waals surface area contributed by atoms with E-state index in [4.69, 9.17) is 10.00 Å². The van der Waals surface area contributed by atoms with Crippen LogP contribution in [0.4, 0.5) is 0 Å². The molecule has 0 radical (unpaired) electrons. The van der Waals surface area contributed by atoms with Crippen LogP contribution in [0.1, 0.15) is 30.9 Å². The number of ether oxygens (including phenoxy) is 1. The van der Waals surface area contributed by atoms with Gasteiger partial charge in [0.1, 0.15) is 17.9 Å². The molecule has 2 atom stereocenters. The van der Waals surface area contributed by atoms with Gasteiger partial charge in [0.15, 0.2) is 0 Å². The third kappa shape index (κ3) is 3.53. The molecule has 0 spiro atoms. The largest absolute Gasteiger partial charge is 0.495 e. The number of piperidine rings is 1. The van der Waals surface area contributed by atoms with Gasteiger partial charge in [0.2, 0.25) is 0 Å². The van der Waals surface area contributed by atoms with E-state index in [2.05, 4.69) is 13.0 Å². The molecule has 1 heterocycles. The molecular formula is C16H20N2O3. The number of nitrogens with zero attached hydrogens (tertiary/aromatic N) is 2. The number of rotatable bonds is 4. The summed E-state index contributed by atoms with van der Waals surface area (Å²) in [5, 5.41) is 18.4. The van der Waals surface area contributed by atoms with Gasteiger partial charge in [-0.1, -0.05) is 13.0 Å². The minimum atomic E-state index is -0.762. The van der Waals surface area contributed by atoms with Crippen molar-refractivity contribution in [3.63, 3.8) is 0 Å². The summed E-state index contributed by atoms with van der Waals surface area (Å²) in [4.78, 5) is 13.4. The highest BCUT2D eigenvalue weighted by Crippen LogP contribution is 2.26. The zero-order valence-electron chi connectivity index (χ0n) is 12.4. The molecule has 1 aliphatic heterocycles. The highest BCUT2D eigenvalue weighted by atomic mass is 16.5. The van der Waals surface area contributed by atoms with Crippen LogP contribution in [0.3, 0.4) is 0 Å². The monoisotopic (exact) mass is 288 g/mol. The second kappa shape index (κ2) is 6.59. The lowest BCUT2D eigenvalue weighted by atomic mass is 9.92. The first-order valence-electron chi connectivity index (χ1n) is 7.09. The molecule has 0 amide bonds. The molecule has 1 aromatic rings. The molecular weight excluding hydrogens is 268 g/mol. The van der Waals surface area contributed by atoms with Crippen LogP contribution in [0.25, 0.3) is 0 Å². The minimum Gasteiger partial charge on any atom is -0.495 e. The number of nitriles is 1. The molecule has 1 aromatic carbocycles. The van der Waals surface area contributed by atoms with Crippen molar-refractivity contribution in [2.75, 3.05) is 13.7 Å². The maximum Gasteiger partial charge on any atom is 0.320 e. The lowest BCUT2D eigenvalue weighted by Crippen LogP contribution is -2.46. The number of benzene rings is 1. The molecule has 21 heavy (non-hydrogen) atoms. The van der Waals surface area contributed by atoms with Gasteiger partial charge in [-0.3, -0.25) is 9.69 Å². The second-order valence-corrected chi connectivity index (χ2v) is 5.60. The average Bonchev–Trinajstić information content (AvgIpc) is 2.48. The fraction of sp³-hybridized carbons (Fsp3) is 0.500.